The van der Waals surface area contributed by atoms with Gasteiger partial charge in [-0.05, 0) is 25.7 Å². The standard InChI is InChI=1S/C10H18N2OS/c1-13-9-5-2-4-8(9)12-10-11-6-3-7-14-10/h8-9H,2-7H2,1H3,(H,11,12). The fourth-order valence-corrected chi connectivity index (χ4v) is 2.96. The van der Waals surface area contributed by atoms with Gasteiger partial charge in [-0.3, -0.25) is 4.99 Å². The van der Waals surface area contributed by atoms with Crippen LogP contribution in [0.25, 0.3) is 0 Å². The van der Waals surface area contributed by atoms with Crippen molar-refractivity contribution in [3.05, 3.63) is 0 Å². The molecule has 0 aromatic rings. The predicted molar refractivity (Wildman–Crippen MR) is 60.9 cm³/mol. The lowest BCUT2D eigenvalue weighted by molar-refractivity contribution is 0.0910. The molecule has 2 aliphatic rings. The minimum atomic E-state index is 0.389. The van der Waals surface area contributed by atoms with Gasteiger partial charge in [0.1, 0.15) is 0 Å². The Hall–Kier alpha value is -0.220. The Morgan fingerprint density at radius 3 is 3.07 bits per heavy atom. The van der Waals surface area contributed by atoms with E-state index >= 15 is 0 Å². The van der Waals surface area contributed by atoms with E-state index in [1.165, 1.54) is 31.4 Å². The van der Waals surface area contributed by atoms with Crippen LogP contribution in [0.2, 0.25) is 0 Å². The molecule has 2 unspecified atom stereocenters. The molecule has 0 aromatic heterocycles. The number of thioether (sulfide) groups is 1. The van der Waals surface area contributed by atoms with Crippen LogP contribution in [0.4, 0.5) is 0 Å². The second kappa shape index (κ2) is 5.03. The van der Waals surface area contributed by atoms with Crippen LogP contribution < -0.4 is 5.32 Å². The van der Waals surface area contributed by atoms with Gasteiger partial charge in [0.25, 0.3) is 0 Å². The second-order valence-electron chi connectivity index (χ2n) is 3.84. The first-order valence-electron chi connectivity index (χ1n) is 5.37. The first-order chi connectivity index (χ1) is 6.90. The van der Waals surface area contributed by atoms with E-state index in [0.717, 1.165) is 11.7 Å². The topological polar surface area (TPSA) is 33.6 Å². The van der Waals surface area contributed by atoms with E-state index in [4.69, 9.17) is 4.74 Å². The zero-order valence-electron chi connectivity index (χ0n) is 8.66. The monoisotopic (exact) mass is 214 g/mol. The van der Waals surface area contributed by atoms with Crippen LogP contribution in [0.5, 0.6) is 0 Å². The summed E-state index contributed by atoms with van der Waals surface area (Å²) in [5.74, 6) is 1.20. The van der Waals surface area contributed by atoms with Crippen molar-refractivity contribution in [2.75, 3.05) is 19.4 Å². The summed E-state index contributed by atoms with van der Waals surface area (Å²) in [6.45, 7) is 0.986. The summed E-state index contributed by atoms with van der Waals surface area (Å²) in [6, 6.07) is 0.490. The highest BCUT2D eigenvalue weighted by molar-refractivity contribution is 8.13. The van der Waals surface area contributed by atoms with Crippen molar-refractivity contribution in [1.82, 2.24) is 5.32 Å². The number of methoxy groups -OCH3 is 1. The number of amidine groups is 1. The minimum Gasteiger partial charge on any atom is -0.379 e. The number of hydrogen-bond acceptors (Lipinski definition) is 4. The highest BCUT2D eigenvalue weighted by Crippen LogP contribution is 2.23. The molecule has 0 spiro atoms. The average molecular weight is 214 g/mol. The smallest absolute Gasteiger partial charge is 0.156 e. The Balaban J connectivity index is 1.86. The third kappa shape index (κ3) is 2.42. The molecule has 2 atom stereocenters. The molecular weight excluding hydrogens is 196 g/mol. The summed E-state index contributed by atoms with van der Waals surface area (Å²) in [5, 5.41) is 4.64. The van der Waals surface area contributed by atoms with E-state index < -0.39 is 0 Å². The van der Waals surface area contributed by atoms with Crippen LogP contribution in [0.3, 0.4) is 0 Å². The molecular formula is C10H18N2OS. The first kappa shape index (κ1) is 10.3. The maximum Gasteiger partial charge on any atom is 0.156 e. The van der Waals surface area contributed by atoms with Gasteiger partial charge < -0.3 is 10.1 Å². The first-order valence-corrected chi connectivity index (χ1v) is 6.35. The third-order valence-corrected chi connectivity index (χ3v) is 3.87. The van der Waals surface area contributed by atoms with Gasteiger partial charge in [-0.15, -0.1) is 0 Å². The summed E-state index contributed by atoms with van der Waals surface area (Å²) >= 11 is 1.85. The van der Waals surface area contributed by atoms with E-state index in [-0.39, 0.29) is 0 Å². The molecule has 0 aromatic carbocycles. The summed E-state index contributed by atoms with van der Waals surface area (Å²) in [4.78, 5) is 4.47. The van der Waals surface area contributed by atoms with Crippen molar-refractivity contribution in [3.8, 4) is 0 Å². The predicted octanol–water partition coefficient (Wildman–Crippen LogP) is 1.64. The molecule has 1 aliphatic carbocycles. The van der Waals surface area contributed by atoms with Crippen LogP contribution in [0.1, 0.15) is 25.7 Å². The molecule has 1 N–H and O–H groups in total. The molecule has 0 amide bonds. The zero-order chi connectivity index (χ0) is 9.80. The van der Waals surface area contributed by atoms with Gasteiger partial charge in [0, 0.05) is 19.4 Å². The molecule has 80 valence electrons. The van der Waals surface area contributed by atoms with Crippen LogP contribution in [-0.2, 0) is 4.74 Å². The molecule has 3 nitrogen and oxygen atoms in total. The Kier molecular flexibility index (Phi) is 3.70. The third-order valence-electron chi connectivity index (χ3n) is 2.86. The molecule has 4 heteroatoms. The molecule has 0 radical (unpaired) electrons. The van der Waals surface area contributed by atoms with Crippen molar-refractivity contribution in [2.24, 2.45) is 4.99 Å². The Morgan fingerprint density at radius 1 is 1.43 bits per heavy atom. The van der Waals surface area contributed by atoms with Crippen LogP contribution >= 0.6 is 11.8 Å². The van der Waals surface area contributed by atoms with E-state index in [9.17, 15) is 0 Å². The van der Waals surface area contributed by atoms with Crippen LogP contribution in [0.15, 0.2) is 4.99 Å². The minimum absolute atomic E-state index is 0.389. The Morgan fingerprint density at radius 2 is 2.36 bits per heavy atom. The van der Waals surface area contributed by atoms with Gasteiger partial charge in [0.15, 0.2) is 5.17 Å². The fourth-order valence-electron chi connectivity index (χ4n) is 2.08. The van der Waals surface area contributed by atoms with E-state index in [1.807, 2.05) is 11.8 Å². The maximum absolute atomic E-state index is 5.44. The molecule has 1 heterocycles. The second-order valence-corrected chi connectivity index (χ2v) is 4.93. The van der Waals surface area contributed by atoms with Crippen LogP contribution in [0, 0.1) is 0 Å². The van der Waals surface area contributed by atoms with E-state index in [0.29, 0.717) is 12.1 Å². The lowest BCUT2D eigenvalue weighted by atomic mass is 10.2. The average Bonchev–Trinajstić information content (AvgIpc) is 2.67. The number of aliphatic imine (C=N–C) groups is 1. The van der Waals surface area contributed by atoms with Gasteiger partial charge in [-0.2, -0.15) is 0 Å². The molecule has 1 aliphatic heterocycles. The van der Waals surface area contributed by atoms with Gasteiger partial charge in [-0.25, -0.2) is 0 Å². The van der Waals surface area contributed by atoms with Gasteiger partial charge >= 0.3 is 0 Å². The fraction of sp³-hybridized carbons (Fsp3) is 0.900. The number of ether oxygens (including phenoxy) is 1. The zero-order valence-corrected chi connectivity index (χ0v) is 9.48. The Bertz CT molecular complexity index is 220. The van der Waals surface area contributed by atoms with Crippen molar-refractivity contribution in [3.63, 3.8) is 0 Å². The molecule has 1 fully saturated rings. The largest absolute Gasteiger partial charge is 0.379 e. The molecule has 0 bridgehead atoms. The molecule has 0 saturated heterocycles. The number of hydrogen-bond donors (Lipinski definition) is 1. The number of nitrogens with one attached hydrogen (secondary N) is 1. The summed E-state index contributed by atoms with van der Waals surface area (Å²) in [5.41, 5.74) is 0. The van der Waals surface area contributed by atoms with Crippen molar-refractivity contribution in [2.45, 2.75) is 37.8 Å². The van der Waals surface area contributed by atoms with Crippen LogP contribution in [-0.4, -0.2) is 36.7 Å². The van der Waals surface area contributed by atoms with E-state index in [2.05, 4.69) is 10.3 Å². The molecule has 2 rings (SSSR count). The Labute approximate surface area is 89.7 Å². The van der Waals surface area contributed by atoms with Gasteiger partial charge in [-0.1, -0.05) is 11.8 Å². The van der Waals surface area contributed by atoms with Gasteiger partial charge in [0.2, 0.25) is 0 Å². The quantitative estimate of drug-likeness (QED) is 0.758. The lowest BCUT2D eigenvalue weighted by Gasteiger charge is -2.22. The SMILES string of the molecule is COC1CCCC1NC1=NCCCS1. The van der Waals surface area contributed by atoms with Crippen molar-refractivity contribution in [1.29, 1.82) is 0 Å². The summed E-state index contributed by atoms with van der Waals surface area (Å²) < 4.78 is 5.44. The lowest BCUT2D eigenvalue weighted by Crippen LogP contribution is -2.40. The highest BCUT2D eigenvalue weighted by atomic mass is 32.2. The highest BCUT2D eigenvalue weighted by Gasteiger charge is 2.27. The normalized spacial score (nSPS) is 32.8. The van der Waals surface area contributed by atoms with E-state index in [1.54, 1.807) is 7.11 Å². The van der Waals surface area contributed by atoms with Crippen molar-refractivity contribution < 1.29 is 4.74 Å². The summed E-state index contributed by atoms with van der Waals surface area (Å²) in [6.07, 6.45) is 5.28. The molecule has 14 heavy (non-hydrogen) atoms. The number of nitrogens with zero attached hydrogens (tertiary/aromatic N) is 1. The van der Waals surface area contributed by atoms with Gasteiger partial charge in [0.05, 0.1) is 12.1 Å². The number of rotatable bonds is 2. The molecule has 1 saturated carbocycles. The summed E-state index contributed by atoms with van der Waals surface area (Å²) in [7, 11) is 1.81. The maximum atomic E-state index is 5.44. The van der Waals surface area contributed by atoms with Crippen molar-refractivity contribution >= 4 is 16.9 Å².